The number of nitrogens with zero attached hydrogens (tertiary/aromatic N) is 1. The van der Waals surface area contributed by atoms with Crippen LogP contribution in [-0.2, 0) is 11.2 Å². The van der Waals surface area contributed by atoms with Gasteiger partial charge in [0.1, 0.15) is 18.5 Å². The Morgan fingerprint density at radius 1 is 1.50 bits per heavy atom. The maximum absolute atomic E-state index is 6.01. The van der Waals surface area contributed by atoms with Crippen molar-refractivity contribution in [1.29, 1.82) is 0 Å². The molecule has 1 fully saturated rings. The van der Waals surface area contributed by atoms with Crippen LogP contribution in [0.5, 0.6) is 5.75 Å². The van der Waals surface area contributed by atoms with Gasteiger partial charge in [-0.25, -0.2) is 0 Å². The predicted molar refractivity (Wildman–Crippen MR) is 81.6 cm³/mol. The van der Waals surface area contributed by atoms with Crippen molar-refractivity contribution in [3.05, 3.63) is 28.8 Å². The van der Waals surface area contributed by atoms with E-state index >= 15 is 0 Å². The molecule has 20 heavy (non-hydrogen) atoms. The number of hydrogen-bond donors (Lipinski definition) is 1. The zero-order valence-corrected chi connectivity index (χ0v) is 12.7. The molecule has 0 aliphatic carbocycles. The molecule has 1 aromatic rings. The molecule has 4 nitrogen and oxygen atoms in total. The van der Waals surface area contributed by atoms with Gasteiger partial charge in [-0.05, 0) is 43.3 Å². The van der Waals surface area contributed by atoms with Gasteiger partial charge in [-0.15, -0.1) is 0 Å². The zero-order valence-electron chi connectivity index (χ0n) is 12.0. The van der Waals surface area contributed by atoms with Crippen molar-refractivity contribution in [1.82, 2.24) is 4.90 Å². The molecule has 1 heterocycles. The molecule has 5 heteroatoms. The van der Waals surface area contributed by atoms with Gasteiger partial charge in [0.15, 0.2) is 0 Å². The van der Waals surface area contributed by atoms with Gasteiger partial charge >= 0.3 is 0 Å². The second-order valence-electron chi connectivity index (χ2n) is 4.99. The van der Waals surface area contributed by atoms with Crippen molar-refractivity contribution in [2.24, 2.45) is 5.73 Å². The highest BCUT2D eigenvalue weighted by atomic mass is 35.5. The van der Waals surface area contributed by atoms with Crippen molar-refractivity contribution in [2.45, 2.75) is 19.4 Å². The molecule has 1 aromatic carbocycles. The molecule has 1 aliphatic heterocycles. The molecule has 1 atom stereocenters. The summed E-state index contributed by atoms with van der Waals surface area (Å²) in [6, 6.07) is 5.68. The summed E-state index contributed by atoms with van der Waals surface area (Å²) < 4.78 is 11.6. The van der Waals surface area contributed by atoms with Crippen LogP contribution in [0.2, 0.25) is 5.02 Å². The molecule has 0 amide bonds. The fourth-order valence-corrected chi connectivity index (χ4v) is 2.59. The zero-order chi connectivity index (χ0) is 14.4. The van der Waals surface area contributed by atoms with Crippen LogP contribution in [0.4, 0.5) is 0 Å². The second-order valence-corrected chi connectivity index (χ2v) is 5.42. The standard InChI is InChI=1S/C15H23ClN2O2/c1-2-18-7-8-19-14(10-18)11-20-15-4-3-13(16)9-12(15)5-6-17/h3-4,9,14H,2,5-8,10-11,17H2,1H3. The molecule has 1 aliphatic rings. The highest BCUT2D eigenvalue weighted by Crippen LogP contribution is 2.23. The van der Waals surface area contributed by atoms with Gasteiger partial charge in [-0.2, -0.15) is 0 Å². The van der Waals surface area contributed by atoms with Gasteiger partial charge < -0.3 is 15.2 Å². The molecule has 0 radical (unpaired) electrons. The van der Waals surface area contributed by atoms with Crippen LogP contribution >= 0.6 is 11.6 Å². The Labute approximate surface area is 125 Å². The number of halogens is 1. The van der Waals surface area contributed by atoms with E-state index in [-0.39, 0.29) is 6.10 Å². The number of nitrogens with two attached hydrogens (primary N) is 1. The number of likely N-dealkylation sites (N-methyl/N-ethyl adjacent to an activating group) is 1. The fourth-order valence-electron chi connectivity index (χ4n) is 2.39. The molecule has 2 rings (SSSR count). The largest absolute Gasteiger partial charge is 0.491 e. The Balaban J connectivity index is 1.93. The summed E-state index contributed by atoms with van der Waals surface area (Å²) >= 11 is 6.01. The molecule has 0 bridgehead atoms. The first kappa shape index (κ1) is 15.6. The van der Waals surface area contributed by atoms with Gasteiger partial charge in [0.2, 0.25) is 0 Å². The van der Waals surface area contributed by atoms with Crippen LogP contribution in [0.25, 0.3) is 0 Å². The SMILES string of the molecule is CCN1CCOC(COc2ccc(Cl)cc2CCN)C1. The molecule has 1 saturated heterocycles. The molecule has 1 unspecified atom stereocenters. The van der Waals surface area contributed by atoms with Gasteiger partial charge in [-0.1, -0.05) is 18.5 Å². The molecular weight excluding hydrogens is 276 g/mol. The lowest BCUT2D eigenvalue weighted by Crippen LogP contribution is -2.44. The van der Waals surface area contributed by atoms with Gasteiger partial charge in [0.25, 0.3) is 0 Å². The lowest BCUT2D eigenvalue weighted by molar-refractivity contribution is -0.0465. The van der Waals surface area contributed by atoms with Crippen molar-refractivity contribution in [3.8, 4) is 5.75 Å². The first-order valence-electron chi connectivity index (χ1n) is 7.18. The molecule has 0 aromatic heterocycles. The normalized spacial score (nSPS) is 20.1. The summed E-state index contributed by atoms with van der Waals surface area (Å²) in [7, 11) is 0. The number of hydrogen-bond acceptors (Lipinski definition) is 4. The number of rotatable bonds is 6. The lowest BCUT2D eigenvalue weighted by Gasteiger charge is -2.32. The van der Waals surface area contributed by atoms with Gasteiger partial charge in [-0.3, -0.25) is 4.90 Å². The Hall–Kier alpha value is -0.810. The van der Waals surface area contributed by atoms with Crippen LogP contribution in [-0.4, -0.2) is 50.4 Å². The number of benzene rings is 1. The summed E-state index contributed by atoms with van der Waals surface area (Å²) in [5.41, 5.74) is 6.68. The minimum absolute atomic E-state index is 0.130. The second kappa shape index (κ2) is 7.84. The topological polar surface area (TPSA) is 47.7 Å². The average molecular weight is 299 g/mol. The van der Waals surface area contributed by atoms with Crippen molar-refractivity contribution < 1.29 is 9.47 Å². The number of ether oxygens (including phenoxy) is 2. The van der Waals surface area contributed by atoms with E-state index in [9.17, 15) is 0 Å². The molecule has 0 spiro atoms. The third kappa shape index (κ3) is 4.35. The van der Waals surface area contributed by atoms with Crippen molar-refractivity contribution in [3.63, 3.8) is 0 Å². The Morgan fingerprint density at radius 3 is 3.10 bits per heavy atom. The van der Waals surface area contributed by atoms with E-state index in [0.717, 1.165) is 44.0 Å². The van der Waals surface area contributed by atoms with Crippen molar-refractivity contribution in [2.75, 3.05) is 39.4 Å². The highest BCUT2D eigenvalue weighted by molar-refractivity contribution is 6.30. The van der Waals surface area contributed by atoms with E-state index in [0.29, 0.717) is 18.2 Å². The molecule has 112 valence electrons. The first-order valence-corrected chi connectivity index (χ1v) is 7.56. The Kier molecular flexibility index (Phi) is 6.10. The average Bonchev–Trinajstić information content (AvgIpc) is 2.47. The van der Waals surface area contributed by atoms with Crippen LogP contribution in [0.1, 0.15) is 12.5 Å². The Morgan fingerprint density at radius 2 is 2.35 bits per heavy atom. The quantitative estimate of drug-likeness (QED) is 0.872. The third-order valence-electron chi connectivity index (χ3n) is 3.53. The minimum Gasteiger partial charge on any atom is -0.491 e. The van der Waals surface area contributed by atoms with Crippen LogP contribution < -0.4 is 10.5 Å². The Bertz CT molecular complexity index is 428. The van der Waals surface area contributed by atoms with E-state index < -0.39 is 0 Å². The summed E-state index contributed by atoms with van der Waals surface area (Å²) in [5, 5.41) is 0.715. The van der Waals surface area contributed by atoms with E-state index in [1.165, 1.54) is 0 Å². The van der Waals surface area contributed by atoms with Crippen LogP contribution in [0.3, 0.4) is 0 Å². The maximum Gasteiger partial charge on any atom is 0.122 e. The smallest absolute Gasteiger partial charge is 0.122 e. The minimum atomic E-state index is 0.130. The van der Waals surface area contributed by atoms with Gasteiger partial charge in [0.05, 0.1) is 6.61 Å². The number of morpholine rings is 1. The predicted octanol–water partition coefficient (Wildman–Crippen LogP) is 1.94. The summed E-state index contributed by atoms with van der Waals surface area (Å²) in [6.45, 7) is 7.08. The molecular formula is C15H23ClN2O2. The molecule has 2 N–H and O–H groups in total. The van der Waals surface area contributed by atoms with Crippen LogP contribution in [0.15, 0.2) is 18.2 Å². The monoisotopic (exact) mass is 298 g/mol. The van der Waals surface area contributed by atoms with E-state index in [1.54, 1.807) is 0 Å². The van der Waals surface area contributed by atoms with Crippen molar-refractivity contribution >= 4 is 11.6 Å². The van der Waals surface area contributed by atoms with E-state index in [4.69, 9.17) is 26.8 Å². The third-order valence-corrected chi connectivity index (χ3v) is 3.77. The highest BCUT2D eigenvalue weighted by Gasteiger charge is 2.20. The lowest BCUT2D eigenvalue weighted by atomic mass is 10.1. The van der Waals surface area contributed by atoms with Crippen LogP contribution in [0, 0.1) is 0 Å². The summed E-state index contributed by atoms with van der Waals surface area (Å²) in [4.78, 5) is 2.38. The van der Waals surface area contributed by atoms with E-state index in [1.807, 2.05) is 18.2 Å². The molecule has 0 saturated carbocycles. The summed E-state index contributed by atoms with van der Waals surface area (Å²) in [5.74, 6) is 0.858. The van der Waals surface area contributed by atoms with Gasteiger partial charge in [0, 0.05) is 18.1 Å². The summed E-state index contributed by atoms with van der Waals surface area (Å²) in [6.07, 6.45) is 0.896. The first-order chi connectivity index (χ1) is 9.72. The van der Waals surface area contributed by atoms with E-state index in [2.05, 4.69) is 11.8 Å². The maximum atomic E-state index is 6.01. The fraction of sp³-hybridized carbons (Fsp3) is 0.600.